The topological polar surface area (TPSA) is 81.8 Å². The zero-order valence-corrected chi connectivity index (χ0v) is 9.64. The summed E-state index contributed by atoms with van der Waals surface area (Å²) in [5, 5.41) is 9.72. The number of carbonyl (C=O) groups excluding carboxylic acids is 1. The van der Waals surface area contributed by atoms with Gasteiger partial charge in [0.2, 0.25) is 0 Å². The van der Waals surface area contributed by atoms with Crippen LogP contribution in [-0.2, 0) is 9.47 Å². The molecule has 0 fully saturated rings. The van der Waals surface area contributed by atoms with Crippen LogP contribution < -0.4 is 5.73 Å². The maximum atomic E-state index is 13.8. The number of primary amides is 1. The third-order valence-corrected chi connectivity index (χ3v) is 2.85. The molecular weight excluding hydrogens is 241 g/mol. The monoisotopic (exact) mass is 255 g/mol. The van der Waals surface area contributed by atoms with E-state index >= 15 is 0 Å². The lowest BCUT2D eigenvalue weighted by molar-refractivity contribution is -0.0412. The minimum atomic E-state index is -0.875. The molecule has 0 aliphatic carbocycles. The van der Waals surface area contributed by atoms with Crippen LogP contribution >= 0.6 is 0 Å². The molecule has 3 N–H and O–H groups in total. The third-order valence-electron chi connectivity index (χ3n) is 2.85. The molecule has 2 atom stereocenters. The molecule has 1 amide bonds. The normalized spacial score (nSPS) is 22.3. The van der Waals surface area contributed by atoms with Gasteiger partial charge in [0, 0.05) is 12.0 Å². The zero-order chi connectivity index (χ0) is 13.1. The van der Waals surface area contributed by atoms with Crippen molar-refractivity contribution < 1.29 is 23.8 Å². The Morgan fingerprint density at radius 2 is 2.39 bits per heavy atom. The molecule has 1 aromatic carbocycles. The molecule has 6 heteroatoms. The van der Waals surface area contributed by atoms with Gasteiger partial charge in [0.25, 0.3) is 0 Å². The molecular formula is C12H14FNO4. The van der Waals surface area contributed by atoms with Crippen LogP contribution in [0.4, 0.5) is 9.18 Å². The van der Waals surface area contributed by atoms with Crippen molar-refractivity contribution in [2.45, 2.75) is 18.6 Å². The zero-order valence-electron chi connectivity index (χ0n) is 9.64. The van der Waals surface area contributed by atoms with Crippen molar-refractivity contribution in [1.29, 1.82) is 0 Å². The number of aliphatic hydroxyl groups is 1. The first-order valence-electron chi connectivity index (χ1n) is 5.60. The van der Waals surface area contributed by atoms with Crippen LogP contribution in [0.25, 0.3) is 0 Å². The predicted octanol–water partition coefficient (Wildman–Crippen LogP) is 1.42. The van der Waals surface area contributed by atoms with Gasteiger partial charge in [-0.15, -0.1) is 0 Å². The number of nitrogens with two attached hydrogens (primary N) is 1. The van der Waals surface area contributed by atoms with Gasteiger partial charge in [-0.05, 0) is 11.6 Å². The smallest absolute Gasteiger partial charge is 0.404 e. The second-order valence-corrected chi connectivity index (χ2v) is 4.04. The van der Waals surface area contributed by atoms with Crippen LogP contribution in [0, 0.1) is 5.82 Å². The van der Waals surface area contributed by atoms with Gasteiger partial charge in [-0.3, -0.25) is 0 Å². The average molecular weight is 255 g/mol. The first-order chi connectivity index (χ1) is 8.59. The fourth-order valence-corrected chi connectivity index (χ4v) is 2.06. The van der Waals surface area contributed by atoms with E-state index in [0.29, 0.717) is 17.5 Å². The molecule has 1 aliphatic rings. The van der Waals surface area contributed by atoms with Gasteiger partial charge < -0.3 is 20.3 Å². The lowest BCUT2D eigenvalue weighted by Crippen LogP contribution is -2.24. The van der Waals surface area contributed by atoms with Crippen molar-refractivity contribution in [3.63, 3.8) is 0 Å². The van der Waals surface area contributed by atoms with Gasteiger partial charge in [-0.1, -0.05) is 12.1 Å². The highest BCUT2D eigenvalue weighted by molar-refractivity contribution is 5.64. The molecule has 18 heavy (non-hydrogen) atoms. The minimum absolute atomic E-state index is 0.0455. The largest absolute Gasteiger partial charge is 0.450 e. The molecule has 5 nitrogen and oxygen atoms in total. The van der Waals surface area contributed by atoms with Crippen molar-refractivity contribution >= 4 is 6.09 Å². The fraction of sp³-hybridized carbons (Fsp3) is 0.417. The Morgan fingerprint density at radius 1 is 1.61 bits per heavy atom. The first-order valence-corrected chi connectivity index (χ1v) is 5.60. The number of halogens is 1. The summed E-state index contributed by atoms with van der Waals surface area (Å²) in [6, 6.07) is 4.51. The van der Waals surface area contributed by atoms with E-state index in [9.17, 15) is 14.3 Å². The Labute approximate surface area is 103 Å². The summed E-state index contributed by atoms with van der Waals surface area (Å²) in [7, 11) is 0. The molecule has 0 radical (unpaired) electrons. The van der Waals surface area contributed by atoms with E-state index in [2.05, 4.69) is 4.74 Å². The van der Waals surface area contributed by atoms with Crippen LogP contribution in [0.3, 0.4) is 0 Å². The van der Waals surface area contributed by atoms with Crippen molar-refractivity contribution in [2.24, 2.45) is 5.73 Å². The number of aliphatic hydroxyl groups excluding tert-OH is 1. The van der Waals surface area contributed by atoms with Crippen molar-refractivity contribution in [2.75, 3.05) is 13.2 Å². The van der Waals surface area contributed by atoms with Gasteiger partial charge in [0.1, 0.15) is 11.9 Å². The third kappa shape index (κ3) is 2.60. The van der Waals surface area contributed by atoms with E-state index in [1.807, 2.05) is 0 Å². The number of hydrogen-bond donors (Lipinski definition) is 2. The Balaban J connectivity index is 2.15. The summed E-state index contributed by atoms with van der Waals surface area (Å²) < 4.78 is 23.7. The highest BCUT2D eigenvalue weighted by Crippen LogP contribution is 2.36. The Kier molecular flexibility index (Phi) is 3.78. The molecule has 0 saturated heterocycles. The van der Waals surface area contributed by atoms with Gasteiger partial charge >= 0.3 is 6.09 Å². The molecule has 1 aliphatic heterocycles. The molecule has 0 saturated carbocycles. The van der Waals surface area contributed by atoms with Gasteiger partial charge in [-0.2, -0.15) is 0 Å². The van der Waals surface area contributed by atoms with Crippen molar-refractivity contribution in [3.8, 4) is 0 Å². The van der Waals surface area contributed by atoms with E-state index in [-0.39, 0.29) is 13.2 Å². The molecule has 0 spiro atoms. The summed E-state index contributed by atoms with van der Waals surface area (Å²) >= 11 is 0. The fourth-order valence-electron chi connectivity index (χ4n) is 2.06. The van der Waals surface area contributed by atoms with Gasteiger partial charge in [0.05, 0.1) is 19.3 Å². The molecule has 1 heterocycles. The van der Waals surface area contributed by atoms with Crippen LogP contribution in [-0.4, -0.2) is 24.4 Å². The van der Waals surface area contributed by atoms with Crippen LogP contribution in [0.2, 0.25) is 0 Å². The van der Waals surface area contributed by atoms with E-state index in [4.69, 9.17) is 10.5 Å². The summed E-state index contributed by atoms with van der Waals surface area (Å²) in [5.74, 6) is -0.435. The quantitative estimate of drug-likeness (QED) is 0.855. The Hall–Kier alpha value is -1.66. The molecule has 2 unspecified atom stereocenters. The van der Waals surface area contributed by atoms with E-state index in [0.717, 1.165) is 0 Å². The van der Waals surface area contributed by atoms with E-state index < -0.39 is 24.1 Å². The van der Waals surface area contributed by atoms with Crippen molar-refractivity contribution in [1.82, 2.24) is 0 Å². The van der Waals surface area contributed by atoms with Gasteiger partial charge in [-0.25, -0.2) is 9.18 Å². The Bertz CT molecular complexity index is 452. The lowest BCUT2D eigenvalue weighted by Gasteiger charge is -2.29. The number of benzene rings is 1. The predicted molar refractivity (Wildman–Crippen MR) is 60.2 cm³/mol. The summed E-state index contributed by atoms with van der Waals surface area (Å²) in [6.07, 6.45) is -1.95. The highest BCUT2D eigenvalue weighted by atomic mass is 19.1. The standard InChI is InChI=1S/C12H14FNO4/c13-8-3-1-2-7-9(15)6-18-10(11(7)8)4-5-17-12(14)16/h1-3,9-10,15H,4-6H2,(H2,14,16). The number of ether oxygens (including phenoxy) is 2. The summed E-state index contributed by atoms with van der Waals surface area (Å²) in [6.45, 7) is 0.140. The second-order valence-electron chi connectivity index (χ2n) is 4.04. The maximum absolute atomic E-state index is 13.8. The molecule has 98 valence electrons. The minimum Gasteiger partial charge on any atom is -0.450 e. The SMILES string of the molecule is NC(=O)OCCC1OCC(O)c2cccc(F)c21. The highest BCUT2D eigenvalue weighted by Gasteiger charge is 2.29. The molecule has 0 bridgehead atoms. The second kappa shape index (κ2) is 5.32. The number of carbonyl (C=O) groups is 1. The summed E-state index contributed by atoms with van der Waals surface area (Å²) in [4.78, 5) is 10.5. The molecule has 0 aromatic heterocycles. The Morgan fingerprint density at radius 3 is 3.11 bits per heavy atom. The van der Waals surface area contributed by atoms with Crippen LogP contribution in [0.5, 0.6) is 0 Å². The molecule has 2 rings (SSSR count). The maximum Gasteiger partial charge on any atom is 0.404 e. The number of hydrogen-bond acceptors (Lipinski definition) is 4. The van der Waals surface area contributed by atoms with Crippen LogP contribution in [0.15, 0.2) is 18.2 Å². The van der Waals surface area contributed by atoms with Crippen LogP contribution in [0.1, 0.15) is 29.8 Å². The lowest BCUT2D eigenvalue weighted by atomic mass is 9.94. The van der Waals surface area contributed by atoms with E-state index in [1.54, 1.807) is 12.1 Å². The van der Waals surface area contributed by atoms with Gasteiger partial charge in [0.15, 0.2) is 0 Å². The summed E-state index contributed by atoms with van der Waals surface area (Å²) in [5.41, 5.74) is 5.68. The molecule has 1 aromatic rings. The average Bonchev–Trinajstić information content (AvgIpc) is 2.32. The number of fused-ring (bicyclic) bond motifs is 1. The first kappa shape index (κ1) is 12.8. The van der Waals surface area contributed by atoms with E-state index in [1.165, 1.54) is 6.07 Å². The number of rotatable bonds is 3. The number of amides is 1. The van der Waals surface area contributed by atoms with Crippen molar-refractivity contribution in [3.05, 3.63) is 35.1 Å².